The second kappa shape index (κ2) is 9.87. The van der Waals surface area contributed by atoms with Crippen LogP contribution >= 0.6 is 11.6 Å². The fourth-order valence-electron chi connectivity index (χ4n) is 3.78. The van der Waals surface area contributed by atoms with Crippen molar-refractivity contribution in [3.63, 3.8) is 0 Å². The molecule has 0 saturated carbocycles. The summed E-state index contributed by atoms with van der Waals surface area (Å²) in [6, 6.07) is 4.42. The number of carbonyl (C=O) groups excluding carboxylic acids is 3. The van der Waals surface area contributed by atoms with Crippen LogP contribution in [0.3, 0.4) is 0 Å². The zero-order valence-electron chi connectivity index (χ0n) is 18.6. The summed E-state index contributed by atoms with van der Waals surface area (Å²) in [6.45, 7) is 7.26. The minimum atomic E-state index is -0.899. The normalized spacial score (nSPS) is 16.0. The van der Waals surface area contributed by atoms with Gasteiger partial charge in [0.15, 0.2) is 5.69 Å². The highest BCUT2D eigenvalue weighted by Gasteiger charge is 2.34. The zero-order chi connectivity index (χ0) is 23.5. The van der Waals surface area contributed by atoms with E-state index >= 15 is 0 Å². The number of nitrogens with zero attached hydrogens (tertiary/aromatic N) is 2. The van der Waals surface area contributed by atoms with E-state index in [9.17, 15) is 14.4 Å². The molecule has 1 unspecified atom stereocenters. The minimum absolute atomic E-state index is 0.200. The van der Waals surface area contributed by atoms with Gasteiger partial charge in [0, 0.05) is 30.2 Å². The first-order valence-electron chi connectivity index (χ1n) is 10.7. The molecule has 0 bridgehead atoms. The fraction of sp³-hybridized carbons (Fsp3) is 0.545. The second-order valence-electron chi connectivity index (χ2n) is 9.20. The zero-order valence-corrected chi connectivity index (χ0v) is 19.4. The number of ether oxygens (including phenoxy) is 1. The van der Waals surface area contributed by atoms with Crippen LogP contribution in [0.15, 0.2) is 18.2 Å². The first-order valence-corrected chi connectivity index (χ1v) is 11.0. The SMILES string of the molecule is CC(C)(C)C(NC(=O)c1nn(CC2CCOCC2)c2ccc(Cl)cc12)C(=O)NCC(N)=O. The van der Waals surface area contributed by atoms with E-state index in [1.807, 2.05) is 31.5 Å². The summed E-state index contributed by atoms with van der Waals surface area (Å²) in [5.74, 6) is -1.24. The molecule has 0 spiro atoms. The number of primary amides is 1. The average molecular weight is 464 g/mol. The number of carbonyl (C=O) groups is 3. The lowest BCUT2D eigenvalue weighted by Crippen LogP contribution is -2.54. The van der Waals surface area contributed by atoms with Crippen LogP contribution < -0.4 is 16.4 Å². The first-order chi connectivity index (χ1) is 15.1. The highest BCUT2D eigenvalue weighted by Crippen LogP contribution is 2.27. The summed E-state index contributed by atoms with van der Waals surface area (Å²) in [5, 5.41) is 10.9. The predicted octanol–water partition coefficient (Wildman–Crippen LogP) is 1.86. The van der Waals surface area contributed by atoms with E-state index in [0.717, 1.165) is 31.6 Å². The number of nitrogens with two attached hydrogens (primary N) is 1. The van der Waals surface area contributed by atoms with Crippen molar-refractivity contribution in [3.8, 4) is 0 Å². The van der Waals surface area contributed by atoms with Gasteiger partial charge < -0.3 is 21.1 Å². The van der Waals surface area contributed by atoms with Gasteiger partial charge in [-0.25, -0.2) is 0 Å². The molecule has 10 heteroatoms. The Labute approximate surface area is 192 Å². The van der Waals surface area contributed by atoms with Crippen molar-refractivity contribution in [3.05, 3.63) is 28.9 Å². The molecule has 174 valence electrons. The molecule has 1 aromatic heterocycles. The third-order valence-electron chi connectivity index (χ3n) is 5.54. The van der Waals surface area contributed by atoms with Crippen LogP contribution in [0, 0.1) is 11.3 Å². The number of halogens is 1. The fourth-order valence-corrected chi connectivity index (χ4v) is 3.96. The number of hydrogen-bond donors (Lipinski definition) is 3. The summed E-state index contributed by atoms with van der Waals surface area (Å²) < 4.78 is 7.27. The summed E-state index contributed by atoms with van der Waals surface area (Å²) in [5.41, 5.74) is 5.51. The summed E-state index contributed by atoms with van der Waals surface area (Å²) >= 11 is 6.20. The van der Waals surface area contributed by atoms with Crippen molar-refractivity contribution in [2.75, 3.05) is 19.8 Å². The molecule has 3 rings (SSSR count). The van der Waals surface area contributed by atoms with Crippen LogP contribution in [0.1, 0.15) is 44.1 Å². The molecule has 1 saturated heterocycles. The van der Waals surface area contributed by atoms with E-state index in [2.05, 4.69) is 15.7 Å². The van der Waals surface area contributed by atoms with Gasteiger partial charge in [0.05, 0.1) is 12.1 Å². The van der Waals surface area contributed by atoms with Crippen LogP contribution in [0.5, 0.6) is 0 Å². The van der Waals surface area contributed by atoms with Crippen molar-refractivity contribution >= 4 is 40.2 Å². The third kappa shape index (κ3) is 5.77. The van der Waals surface area contributed by atoms with Crippen molar-refractivity contribution in [2.45, 2.75) is 46.2 Å². The number of nitrogens with one attached hydrogen (secondary N) is 2. The molecule has 3 amide bonds. The maximum Gasteiger partial charge on any atom is 0.273 e. The van der Waals surface area contributed by atoms with Gasteiger partial charge in [-0.1, -0.05) is 32.4 Å². The third-order valence-corrected chi connectivity index (χ3v) is 5.78. The molecule has 1 aromatic carbocycles. The maximum absolute atomic E-state index is 13.3. The molecule has 1 fully saturated rings. The smallest absolute Gasteiger partial charge is 0.273 e. The van der Waals surface area contributed by atoms with Gasteiger partial charge in [-0.2, -0.15) is 5.10 Å². The molecular formula is C22H30ClN5O4. The van der Waals surface area contributed by atoms with Gasteiger partial charge in [0.25, 0.3) is 5.91 Å². The van der Waals surface area contributed by atoms with Gasteiger partial charge in [-0.15, -0.1) is 0 Å². The summed E-state index contributed by atoms with van der Waals surface area (Å²) in [7, 11) is 0. The molecule has 0 radical (unpaired) electrons. The van der Waals surface area contributed by atoms with Gasteiger partial charge in [-0.3, -0.25) is 19.1 Å². The summed E-state index contributed by atoms with van der Waals surface area (Å²) in [6.07, 6.45) is 1.87. The van der Waals surface area contributed by atoms with E-state index < -0.39 is 29.2 Å². The number of aromatic nitrogens is 2. The Kier molecular flexibility index (Phi) is 7.40. The van der Waals surface area contributed by atoms with Gasteiger partial charge >= 0.3 is 0 Å². The average Bonchev–Trinajstić information content (AvgIpc) is 3.07. The van der Waals surface area contributed by atoms with E-state index in [1.54, 1.807) is 12.1 Å². The molecule has 4 N–H and O–H groups in total. The second-order valence-corrected chi connectivity index (χ2v) is 9.64. The largest absolute Gasteiger partial charge is 0.381 e. The molecule has 1 aliphatic rings. The van der Waals surface area contributed by atoms with Crippen molar-refractivity contribution in [1.29, 1.82) is 0 Å². The lowest BCUT2D eigenvalue weighted by molar-refractivity contribution is -0.128. The van der Waals surface area contributed by atoms with E-state index in [0.29, 0.717) is 22.9 Å². The Bertz CT molecular complexity index is 1010. The Morgan fingerprint density at radius 2 is 1.97 bits per heavy atom. The molecule has 2 heterocycles. The lowest BCUT2D eigenvalue weighted by atomic mass is 9.86. The van der Waals surface area contributed by atoms with E-state index in [4.69, 9.17) is 22.1 Å². The first kappa shape index (κ1) is 24.0. The van der Waals surface area contributed by atoms with E-state index in [-0.39, 0.29) is 12.2 Å². The monoisotopic (exact) mass is 463 g/mol. The van der Waals surface area contributed by atoms with Crippen LogP contribution in [0.25, 0.3) is 10.9 Å². The molecule has 32 heavy (non-hydrogen) atoms. The van der Waals surface area contributed by atoms with Crippen LogP contribution in [-0.2, 0) is 20.9 Å². The van der Waals surface area contributed by atoms with Crippen LogP contribution in [-0.4, -0.2) is 53.3 Å². The highest BCUT2D eigenvalue weighted by molar-refractivity contribution is 6.31. The summed E-state index contributed by atoms with van der Waals surface area (Å²) in [4.78, 5) is 37.0. The molecule has 1 atom stereocenters. The number of rotatable bonds is 7. The van der Waals surface area contributed by atoms with Gasteiger partial charge in [0.1, 0.15) is 6.04 Å². The lowest BCUT2D eigenvalue weighted by Gasteiger charge is -2.30. The molecule has 2 aromatic rings. The molecule has 0 aliphatic carbocycles. The predicted molar refractivity (Wildman–Crippen MR) is 121 cm³/mol. The Morgan fingerprint density at radius 3 is 2.59 bits per heavy atom. The van der Waals surface area contributed by atoms with Crippen LogP contribution in [0.4, 0.5) is 0 Å². The Balaban J connectivity index is 1.89. The molecule has 1 aliphatic heterocycles. The number of hydrogen-bond acceptors (Lipinski definition) is 5. The highest BCUT2D eigenvalue weighted by atomic mass is 35.5. The standard InChI is InChI=1S/C22H30ClN5O4/c1-22(2,3)19(21(31)25-11-17(24)29)26-20(30)18-15-10-14(23)4-5-16(15)28(27-18)12-13-6-8-32-9-7-13/h4-5,10,13,19H,6-9,11-12H2,1-3H3,(H2,24,29)(H,25,31)(H,26,30). The van der Waals surface area contributed by atoms with Crippen LogP contribution in [0.2, 0.25) is 5.02 Å². The van der Waals surface area contributed by atoms with Gasteiger partial charge in [-0.05, 0) is 42.4 Å². The number of amides is 3. The number of benzene rings is 1. The topological polar surface area (TPSA) is 128 Å². The Morgan fingerprint density at radius 1 is 1.28 bits per heavy atom. The van der Waals surface area contributed by atoms with Crippen molar-refractivity contribution in [2.24, 2.45) is 17.1 Å². The van der Waals surface area contributed by atoms with E-state index in [1.165, 1.54) is 0 Å². The maximum atomic E-state index is 13.3. The minimum Gasteiger partial charge on any atom is -0.381 e. The quantitative estimate of drug-likeness (QED) is 0.577. The Hall–Kier alpha value is -2.65. The van der Waals surface area contributed by atoms with Crippen molar-refractivity contribution < 1.29 is 19.1 Å². The molecule has 9 nitrogen and oxygen atoms in total. The molecular weight excluding hydrogens is 434 g/mol. The van der Waals surface area contributed by atoms with Gasteiger partial charge in [0.2, 0.25) is 11.8 Å². The van der Waals surface area contributed by atoms with Crippen molar-refractivity contribution in [1.82, 2.24) is 20.4 Å². The number of fused-ring (bicyclic) bond motifs is 1.